The van der Waals surface area contributed by atoms with E-state index in [1.807, 2.05) is 0 Å². The molecule has 0 unspecified atom stereocenters. The molecule has 0 aliphatic rings. The van der Waals surface area contributed by atoms with Crippen molar-refractivity contribution in [2.24, 2.45) is 0 Å². The molecule has 4 heteroatoms. The highest BCUT2D eigenvalue weighted by Crippen LogP contribution is 2.15. The van der Waals surface area contributed by atoms with Gasteiger partial charge in [0.15, 0.2) is 6.20 Å². The van der Waals surface area contributed by atoms with E-state index in [-0.39, 0.29) is 0 Å². The Labute approximate surface area is 61.5 Å². The van der Waals surface area contributed by atoms with E-state index < -0.39 is 0 Å². The molecule has 1 heterocycles. The van der Waals surface area contributed by atoms with Crippen molar-refractivity contribution in [3.05, 3.63) is 29.6 Å². The molecular weight excluding hydrogens is 158 g/mol. The van der Waals surface area contributed by atoms with E-state index in [0.717, 1.165) is 15.7 Å². The Bertz CT molecular complexity index is 206. The molecular formula is C5H4ClNOS. The van der Waals surface area contributed by atoms with Gasteiger partial charge >= 0.3 is 0 Å². The second-order valence-electron chi connectivity index (χ2n) is 1.44. The Morgan fingerprint density at radius 2 is 2.33 bits per heavy atom. The van der Waals surface area contributed by atoms with Gasteiger partial charge in [0, 0.05) is 12.1 Å². The Balaban J connectivity index is 3.01. The number of pyridine rings is 1. The molecule has 0 N–H and O–H groups in total. The summed E-state index contributed by atoms with van der Waals surface area (Å²) in [5.74, 6) is 0. The Kier molecular flexibility index (Phi) is 2.19. The van der Waals surface area contributed by atoms with Gasteiger partial charge in [-0.15, -0.1) is 0 Å². The quantitative estimate of drug-likeness (QED) is 0.462. The highest BCUT2D eigenvalue weighted by atomic mass is 35.7. The van der Waals surface area contributed by atoms with Crippen LogP contribution in [-0.4, -0.2) is 0 Å². The molecule has 0 aliphatic heterocycles. The molecule has 1 rings (SSSR count). The van der Waals surface area contributed by atoms with Crippen LogP contribution in [0.25, 0.3) is 0 Å². The van der Waals surface area contributed by atoms with Gasteiger partial charge in [-0.05, 0) is 16.7 Å². The maximum Gasteiger partial charge on any atom is 0.266 e. The van der Waals surface area contributed by atoms with E-state index in [1.54, 1.807) is 18.2 Å². The number of nitrogens with zero attached hydrogens (tertiary/aromatic N) is 1. The largest absolute Gasteiger partial charge is 0.618 e. The first-order valence-corrected chi connectivity index (χ1v) is 3.95. The van der Waals surface area contributed by atoms with Gasteiger partial charge < -0.3 is 5.21 Å². The van der Waals surface area contributed by atoms with Gasteiger partial charge in [-0.1, -0.05) is 0 Å². The van der Waals surface area contributed by atoms with Gasteiger partial charge in [0.05, 0.1) is 11.0 Å². The molecule has 0 radical (unpaired) electrons. The predicted molar refractivity (Wildman–Crippen MR) is 37.1 cm³/mol. The van der Waals surface area contributed by atoms with Crippen LogP contribution in [-0.2, 0) is 0 Å². The summed E-state index contributed by atoms with van der Waals surface area (Å²) in [5, 5.41) is 11.2. The van der Waals surface area contributed by atoms with Crippen LogP contribution in [0.3, 0.4) is 0 Å². The predicted octanol–water partition coefficient (Wildman–Crippen LogP) is 1.57. The summed E-state index contributed by atoms with van der Waals surface area (Å²) in [6.07, 6.45) is 1.41. The van der Waals surface area contributed by atoms with E-state index in [0.29, 0.717) is 5.03 Å². The Morgan fingerprint density at radius 1 is 1.56 bits per heavy atom. The van der Waals surface area contributed by atoms with Crippen LogP contribution >= 0.6 is 21.7 Å². The standard InChI is InChI=1S/C5H4ClNOS/c6-9-5-3-1-2-4-7(5)8/h1-4H. The molecule has 1 aromatic heterocycles. The van der Waals surface area contributed by atoms with E-state index in [1.165, 1.54) is 6.20 Å². The molecule has 48 valence electrons. The summed E-state index contributed by atoms with van der Waals surface area (Å²) in [5.41, 5.74) is 0. The molecule has 0 spiro atoms. The summed E-state index contributed by atoms with van der Waals surface area (Å²) in [4.78, 5) is 0. The third-order valence-electron chi connectivity index (χ3n) is 0.868. The smallest absolute Gasteiger partial charge is 0.266 e. The molecule has 0 aliphatic carbocycles. The number of hydrogen-bond acceptors (Lipinski definition) is 2. The third kappa shape index (κ3) is 1.50. The van der Waals surface area contributed by atoms with Gasteiger partial charge in [-0.25, -0.2) is 0 Å². The summed E-state index contributed by atoms with van der Waals surface area (Å²) in [7, 11) is 6.25. The molecule has 0 bridgehead atoms. The lowest BCUT2D eigenvalue weighted by Crippen LogP contribution is -2.26. The van der Waals surface area contributed by atoms with Gasteiger partial charge in [-0.3, -0.25) is 0 Å². The van der Waals surface area contributed by atoms with Gasteiger partial charge in [0.1, 0.15) is 0 Å². The molecule has 2 nitrogen and oxygen atoms in total. The van der Waals surface area contributed by atoms with Crippen LogP contribution in [0.2, 0.25) is 0 Å². The fraction of sp³-hybridized carbons (Fsp3) is 0. The lowest BCUT2D eigenvalue weighted by atomic mass is 10.5. The third-order valence-corrected chi connectivity index (χ3v) is 1.82. The van der Waals surface area contributed by atoms with Crippen LogP contribution < -0.4 is 4.73 Å². The number of halogens is 1. The van der Waals surface area contributed by atoms with E-state index in [4.69, 9.17) is 10.7 Å². The average Bonchev–Trinajstić information content (AvgIpc) is 1.89. The minimum absolute atomic E-state index is 0.499. The van der Waals surface area contributed by atoms with Gasteiger partial charge in [0.2, 0.25) is 0 Å². The van der Waals surface area contributed by atoms with Crippen molar-refractivity contribution in [3.63, 3.8) is 0 Å². The minimum atomic E-state index is 0.499. The summed E-state index contributed by atoms with van der Waals surface area (Å²) in [6, 6.07) is 5.08. The van der Waals surface area contributed by atoms with Crippen LogP contribution in [0.5, 0.6) is 0 Å². The first kappa shape index (κ1) is 6.71. The zero-order valence-electron chi connectivity index (χ0n) is 4.45. The Morgan fingerprint density at radius 3 is 2.78 bits per heavy atom. The van der Waals surface area contributed by atoms with Crippen molar-refractivity contribution in [1.29, 1.82) is 0 Å². The second kappa shape index (κ2) is 2.94. The second-order valence-corrected chi connectivity index (χ2v) is 2.48. The van der Waals surface area contributed by atoms with Crippen molar-refractivity contribution < 1.29 is 4.73 Å². The van der Waals surface area contributed by atoms with Crippen LogP contribution in [0.1, 0.15) is 0 Å². The monoisotopic (exact) mass is 161 g/mol. The maximum atomic E-state index is 10.7. The fourth-order valence-corrected chi connectivity index (χ4v) is 1.09. The van der Waals surface area contributed by atoms with Crippen molar-refractivity contribution >= 4 is 21.7 Å². The zero-order chi connectivity index (χ0) is 6.69. The van der Waals surface area contributed by atoms with Crippen molar-refractivity contribution in [3.8, 4) is 0 Å². The molecule has 9 heavy (non-hydrogen) atoms. The zero-order valence-corrected chi connectivity index (χ0v) is 6.02. The first-order chi connectivity index (χ1) is 4.34. The van der Waals surface area contributed by atoms with Crippen LogP contribution in [0.4, 0.5) is 0 Å². The molecule has 0 fully saturated rings. The molecule has 1 aromatic rings. The molecule has 0 atom stereocenters. The summed E-state index contributed by atoms with van der Waals surface area (Å²) in [6.45, 7) is 0. The summed E-state index contributed by atoms with van der Waals surface area (Å²) < 4.78 is 0.720. The maximum absolute atomic E-state index is 10.7. The normalized spacial score (nSPS) is 9.44. The minimum Gasteiger partial charge on any atom is -0.618 e. The number of hydrogen-bond donors (Lipinski definition) is 0. The highest BCUT2D eigenvalue weighted by molar-refractivity contribution is 8.21. The molecule has 0 saturated heterocycles. The van der Waals surface area contributed by atoms with Crippen LogP contribution in [0.15, 0.2) is 29.4 Å². The van der Waals surface area contributed by atoms with E-state index in [9.17, 15) is 5.21 Å². The van der Waals surface area contributed by atoms with Crippen molar-refractivity contribution in [2.75, 3.05) is 0 Å². The van der Waals surface area contributed by atoms with E-state index in [2.05, 4.69) is 0 Å². The number of rotatable bonds is 1. The highest BCUT2D eigenvalue weighted by Gasteiger charge is 1.99. The number of aromatic nitrogens is 1. The molecule has 0 aromatic carbocycles. The molecule has 0 amide bonds. The van der Waals surface area contributed by atoms with Gasteiger partial charge in [-0.2, -0.15) is 4.73 Å². The SMILES string of the molecule is [O-][n+]1ccccc1SCl. The fourth-order valence-electron chi connectivity index (χ4n) is 0.472. The average molecular weight is 162 g/mol. The van der Waals surface area contributed by atoms with Crippen molar-refractivity contribution in [1.82, 2.24) is 0 Å². The summed E-state index contributed by atoms with van der Waals surface area (Å²) >= 11 is 0. The van der Waals surface area contributed by atoms with E-state index >= 15 is 0 Å². The van der Waals surface area contributed by atoms with Crippen molar-refractivity contribution in [2.45, 2.75) is 5.03 Å². The lowest BCUT2D eigenvalue weighted by Gasteiger charge is -1.96. The van der Waals surface area contributed by atoms with Gasteiger partial charge in [0.25, 0.3) is 5.03 Å². The molecule has 0 saturated carbocycles. The first-order valence-electron chi connectivity index (χ1n) is 2.31. The topological polar surface area (TPSA) is 26.9 Å². The Hall–Kier alpha value is -0.410. The lowest BCUT2D eigenvalue weighted by molar-refractivity contribution is -0.645. The van der Waals surface area contributed by atoms with Crippen LogP contribution in [0, 0.1) is 5.21 Å².